The quantitative estimate of drug-likeness (QED) is 0.0101. The summed E-state index contributed by atoms with van der Waals surface area (Å²) in [6.45, 7) is 15.4. The number of alkyl carbamates (subject to hydrolysis) is 4. The second-order valence-electron chi connectivity index (χ2n) is 30.4. The molecule has 22 nitrogen and oxygen atoms in total. The van der Waals surface area contributed by atoms with Crippen molar-refractivity contribution in [1.82, 2.24) is 37.2 Å². The van der Waals surface area contributed by atoms with Gasteiger partial charge in [0, 0.05) is 74.8 Å². The molecule has 7 amide bonds. The van der Waals surface area contributed by atoms with Crippen LogP contribution in [0.25, 0.3) is 33.4 Å². The zero-order valence-electron chi connectivity index (χ0n) is 71.5. The van der Waals surface area contributed by atoms with Gasteiger partial charge in [-0.05, 0) is 185 Å². The number of unbranched alkanes of at least 4 members (excludes halogenated alkanes) is 3. The van der Waals surface area contributed by atoms with E-state index in [2.05, 4.69) is 130 Å². The predicted molar refractivity (Wildman–Crippen MR) is 481 cm³/mol. The van der Waals surface area contributed by atoms with Gasteiger partial charge < -0.3 is 61.9 Å². The van der Waals surface area contributed by atoms with Gasteiger partial charge in [-0.1, -0.05) is 247 Å². The highest BCUT2D eigenvalue weighted by molar-refractivity contribution is 5.95. The summed E-state index contributed by atoms with van der Waals surface area (Å²) in [6, 6.07) is 71.5. The third-order valence-electron chi connectivity index (χ3n) is 22.2. The molecule has 12 rings (SSSR count). The lowest BCUT2D eigenvalue weighted by Gasteiger charge is -2.20. The first-order chi connectivity index (χ1) is 59.8. The molecule has 0 spiro atoms. The Morgan fingerprint density at radius 2 is 0.667 bits per heavy atom. The monoisotopic (exact) mass is 1670 g/mol. The zero-order chi connectivity index (χ0) is 87.8. The highest BCUT2D eigenvalue weighted by Gasteiger charge is 2.34. The van der Waals surface area contributed by atoms with Crippen LogP contribution in [0.3, 0.4) is 0 Å². The van der Waals surface area contributed by atoms with Crippen LogP contribution in [-0.4, -0.2) is 137 Å². The molecule has 123 heavy (non-hydrogen) atoms. The van der Waals surface area contributed by atoms with Crippen LogP contribution in [0.1, 0.15) is 200 Å². The number of ether oxygens (including phenoxy) is 4. The number of benzene rings is 9. The van der Waals surface area contributed by atoms with Crippen LogP contribution >= 0.6 is 0 Å². The van der Waals surface area contributed by atoms with Crippen molar-refractivity contribution < 1.29 is 66.9 Å². The largest absolute Gasteiger partial charge is 0.449 e. The first-order valence-corrected chi connectivity index (χ1v) is 43.0. The third-order valence-corrected chi connectivity index (χ3v) is 22.2. The number of carbonyl (C=O) groups is 10. The van der Waals surface area contributed by atoms with Crippen molar-refractivity contribution >= 4 is 59.4 Å². The fraction of sp³-hybridized carbons (Fsp3) is 0.347. The fourth-order valence-electron chi connectivity index (χ4n) is 15.3. The molecule has 9 N–H and O–H groups in total. The molecule has 4 atom stereocenters. The Morgan fingerprint density at radius 3 is 0.984 bits per heavy atom. The summed E-state index contributed by atoms with van der Waals surface area (Å²) in [5.74, 6) is -0.551. The van der Waals surface area contributed by atoms with Gasteiger partial charge in [0.15, 0.2) is 17.3 Å². The van der Waals surface area contributed by atoms with Crippen molar-refractivity contribution in [2.45, 2.75) is 173 Å². The Hall–Kier alpha value is -12.8. The molecule has 0 fully saturated rings. The lowest BCUT2D eigenvalue weighted by Crippen LogP contribution is -2.49. The number of nitrogens with two attached hydrogens (primary N) is 1. The van der Waals surface area contributed by atoms with Gasteiger partial charge in [-0.25, -0.2) is 19.2 Å². The van der Waals surface area contributed by atoms with Gasteiger partial charge in [0.05, 0.1) is 24.2 Å². The molecule has 0 saturated carbocycles. The van der Waals surface area contributed by atoms with Crippen LogP contribution in [-0.2, 0) is 57.4 Å². The van der Waals surface area contributed by atoms with Crippen LogP contribution in [0, 0.1) is 0 Å². The average molecular weight is 1670 g/mol. The van der Waals surface area contributed by atoms with Gasteiger partial charge in [0.25, 0.3) is 11.8 Å². The summed E-state index contributed by atoms with van der Waals surface area (Å²) < 4.78 is 21.3. The minimum atomic E-state index is -0.706. The number of Topliss-reactive ketones (excluding diaryl/α,β-unsaturated/α-hetero) is 3. The van der Waals surface area contributed by atoms with E-state index in [0.717, 1.165) is 58.2 Å². The standard InChI is InChI=1S/C32H36N2O4.C27H32N2O5.C26H35N3O3.C16H15NO2/c1-3-22-16-18-23(19-17-22)31(36)33-20-10-9-15-29(30(35)4-2)34-32(37)38-21-28-26-13-7-5-11-24(26)25-12-6-8-14-27(25)28;1-3-17-33-26(31)28-16-10-9-15-24(25(30)4-2)29-27(32)34-18-23-21-13-7-5-11-19(21)20-12-6-8-14-22(20)23;1-3-19-13-15-21(16-14-19)25(31)28-17-9-8-12-23(24(30)4-2)29-26(32)22(27)18-20-10-6-5-7-11-20;1-17-16(18)19-10-15-13-8-4-2-6-11(13)12-7-3-5-9-14(12)15/h5-8,11-14,16-19,28-29H,3-4,9-10,15,20-21H2,1-2H3,(H,33,36)(H,34,37);3,5-8,11-14,23-24H,1,4,9-10,15-18H2,2H3,(H,28,31)(H,29,32);5-7,10-11,13-16,22-23H,3-4,8-9,12,17-18,27H2,1-2H3,(H,28,31)(H,29,32);2-9,15H,10H2,1H3,(H,17,18). The topological polar surface area (TPSA) is 318 Å². The van der Waals surface area contributed by atoms with E-state index < -0.39 is 42.4 Å². The summed E-state index contributed by atoms with van der Waals surface area (Å²) in [5.41, 5.74) is 24.8. The molecule has 0 radical (unpaired) electrons. The fourth-order valence-corrected chi connectivity index (χ4v) is 15.3. The number of carbonyl (C=O) groups excluding carboxylic acids is 10. The maximum absolute atomic E-state index is 12.7. The molecule has 0 bridgehead atoms. The first-order valence-electron chi connectivity index (χ1n) is 43.0. The van der Waals surface area contributed by atoms with Crippen molar-refractivity contribution in [3.8, 4) is 33.4 Å². The number of hydrogen-bond acceptors (Lipinski definition) is 15. The van der Waals surface area contributed by atoms with Gasteiger partial charge >= 0.3 is 24.4 Å². The molecule has 22 heteroatoms. The van der Waals surface area contributed by atoms with Crippen LogP contribution in [0.15, 0.2) is 237 Å². The zero-order valence-corrected chi connectivity index (χ0v) is 71.5. The van der Waals surface area contributed by atoms with E-state index in [9.17, 15) is 47.9 Å². The molecule has 646 valence electrons. The Labute approximate surface area is 723 Å². The number of hydrogen-bond donors (Lipinski definition) is 8. The highest BCUT2D eigenvalue weighted by Crippen LogP contribution is 2.47. The average Bonchev–Trinajstić information content (AvgIpc) is 1.63. The smallest absolute Gasteiger partial charge is 0.407 e. The van der Waals surface area contributed by atoms with Crippen molar-refractivity contribution in [3.05, 3.63) is 298 Å². The molecule has 0 heterocycles. The third kappa shape index (κ3) is 27.9. The first kappa shape index (κ1) is 94.0. The highest BCUT2D eigenvalue weighted by atomic mass is 16.6. The number of fused-ring (bicyclic) bond motifs is 9. The number of ketones is 3. The Bertz CT molecular complexity index is 4860. The Morgan fingerprint density at radius 1 is 0.358 bits per heavy atom. The summed E-state index contributed by atoms with van der Waals surface area (Å²) >= 11 is 0. The second-order valence-corrected chi connectivity index (χ2v) is 30.4. The Kier molecular flexibility index (Phi) is 38.1. The van der Waals surface area contributed by atoms with Gasteiger partial charge in [-0.2, -0.15) is 0 Å². The lowest BCUT2D eigenvalue weighted by molar-refractivity contribution is -0.128. The summed E-state index contributed by atoms with van der Waals surface area (Å²) in [6.07, 6.45) is 8.36. The maximum atomic E-state index is 12.7. The van der Waals surface area contributed by atoms with E-state index in [1.165, 1.54) is 50.6 Å². The number of rotatable bonds is 39. The SMILES string of the molecule is C=CCOC(=O)NCCCCC(NC(=O)OCC1c2ccccc2-c2ccccc21)C(=O)CC.CCC(=O)C(CCCCNC(=O)c1ccc(CC)cc1)NC(=O)C(N)Cc1ccccc1.CCC(=O)C(CCCCNC(=O)c1ccc(CC)cc1)NC(=O)OCC1c2ccccc2-c2ccccc21.CNC(=O)OCC1c2ccccc2-c2ccccc21. The Balaban J connectivity index is 0.000000190. The number of amides is 7. The molecule has 0 aliphatic heterocycles. The van der Waals surface area contributed by atoms with E-state index in [1.54, 1.807) is 27.8 Å². The van der Waals surface area contributed by atoms with Gasteiger partial charge in [0.2, 0.25) is 5.91 Å². The van der Waals surface area contributed by atoms with Crippen LogP contribution in [0.4, 0.5) is 19.2 Å². The van der Waals surface area contributed by atoms with Gasteiger partial charge in [0.1, 0.15) is 26.4 Å². The van der Waals surface area contributed by atoms with Crippen molar-refractivity contribution in [3.63, 3.8) is 0 Å². The molecule has 4 unspecified atom stereocenters. The summed E-state index contributed by atoms with van der Waals surface area (Å²) in [5, 5.41) is 19.3. The maximum Gasteiger partial charge on any atom is 0.407 e. The van der Waals surface area contributed by atoms with E-state index in [4.69, 9.17) is 24.7 Å². The predicted octanol–water partition coefficient (Wildman–Crippen LogP) is 17.3. The van der Waals surface area contributed by atoms with E-state index in [-0.39, 0.29) is 78.7 Å². The minimum absolute atomic E-state index is 0.00897. The van der Waals surface area contributed by atoms with Crippen molar-refractivity contribution in [2.75, 3.05) is 53.1 Å². The van der Waals surface area contributed by atoms with Gasteiger partial charge in [-0.3, -0.25) is 28.8 Å². The minimum Gasteiger partial charge on any atom is -0.449 e. The van der Waals surface area contributed by atoms with Crippen molar-refractivity contribution in [2.24, 2.45) is 5.73 Å². The molecular weight excluding hydrogens is 1550 g/mol. The molecular formula is C101H118N8O14. The lowest BCUT2D eigenvalue weighted by atomic mass is 9.98. The molecule has 0 aromatic heterocycles. The van der Waals surface area contributed by atoms with Crippen LogP contribution in [0.5, 0.6) is 0 Å². The number of nitrogens with one attached hydrogen (secondary N) is 7. The van der Waals surface area contributed by atoms with Crippen molar-refractivity contribution in [1.29, 1.82) is 0 Å². The molecule has 9 aromatic rings. The molecule has 3 aliphatic carbocycles. The van der Waals surface area contributed by atoms with E-state index in [1.807, 2.05) is 152 Å². The van der Waals surface area contributed by atoms with E-state index in [0.29, 0.717) is 114 Å². The summed E-state index contributed by atoms with van der Waals surface area (Å²) in [7, 11) is 1.57. The summed E-state index contributed by atoms with van der Waals surface area (Å²) in [4.78, 5) is 122. The van der Waals surface area contributed by atoms with Gasteiger partial charge in [-0.15, -0.1) is 0 Å². The molecule has 0 saturated heterocycles. The molecule has 9 aromatic carbocycles. The normalized spacial score (nSPS) is 12.7. The second kappa shape index (κ2) is 49.8. The van der Waals surface area contributed by atoms with E-state index >= 15 is 0 Å². The molecule has 3 aliphatic rings. The van der Waals surface area contributed by atoms with Crippen LogP contribution < -0.4 is 43.0 Å². The number of aryl methyl sites for hydroxylation is 2. The van der Waals surface area contributed by atoms with Crippen LogP contribution in [0.2, 0.25) is 0 Å².